The Morgan fingerprint density at radius 2 is 2.00 bits per heavy atom. The Morgan fingerprint density at radius 3 is 2.56 bits per heavy atom. The van der Waals surface area contributed by atoms with Crippen molar-refractivity contribution < 1.29 is 0 Å². The zero-order chi connectivity index (χ0) is 12.0. The Kier molecular flexibility index (Phi) is 6.37. The molecule has 0 aromatic heterocycles. The summed E-state index contributed by atoms with van der Waals surface area (Å²) in [6, 6.07) is 1.47. The van der Waals surface area contributed by atoms with Crippen LogP contribution in [0.25, 0.3) is 0 Å². The molecule has 0 bridgehead atoms. The van der Waals surface area contributed by atoms with Crippen molar-refractivity contribution in [2.45, 2.75) is 65.5 Å². The topological polar surface area (TPSA) is 15.3 Å². The van der Waals surface area contributed by atoms with E-state index in [2.05, 4.69) is 37.9 Å². The number of nitrogens with zero attached hydrogens (tertiary/aromatic N) is 1. The molecule has 0 aliphatic carbocycles. The maximum Gasteiger partial charge on any atom is 0.0218 e. The lowest BCUT2D eigenvalue weighted by atomic mass is 9.98. The van der Waals surface area contributed by atoms with Crippen LogP contribution in [0.3, 0.4) is 0 Å². The van der Waals surface area contributed by atoms with Gasteiger partial charge in [0.25, 0.3) is 0 Å². The summed E-state index contributed by atoms with van der Waals surface area (Å²) in [5, 5.41) is 3.70. The Morgan fingerprint density at radius 1 is 1.25 bits per heavy atom. The molecule has 96 valence electrons. The summed E-state index contributed by atoms with van der Waals surface area (Å²) in [5.41, 5.74) is 0. The molecule has 1 aliphatic heterocycles. The third-order valence-electron chi connectivity index (χ3n) is 3.89. The predicted octanol–water partition coefficient (Wildman–Crippen LogP) is 2.89. The van der Waals surface area contributed by atoms with Crippen molar-refractivity contribution in [1.82, 2.24) is 10.2 Å². The van der Waals surface area contributed by atoms with Crippen molar-refractivity contribution >= 4 is 0 Å². The van der Waals surface area contributed by atoms with Gasteiger partial charge in [-0.3, -0.25) is 4.90 Å². The zero-order valence-corrected chi connectivity index (χ0v) is 11.6. The third kappa shape index (κ3) is 4.06. The van der Waals surface area contributed by atoms with Gasteiger partial charge in [0.2, 0.25) is 0 Å². The van der Waals surface area contributed by atoms with Gasteiger partial charge in [-0.1, -0.05) is 40.5 Å². The van der Waals surface area contributed by atoms with E-state index in [4.69, 9.17) is 0 Å². The molecule has 2 atom stereocenters. The predicted molar refractivity (Wildman–Crippen MR) is 71.8 cm³/mol. The molecule has 1 N–H and O–H groups in total. The Balaban J connectivity index is 2.40. The van der Waals surface area contributed by atoms with Crippen LogP contribution in [-0.4, -0.2) is 36.6 Å². The highest BCUT2D eigenvalue weighted by Crippen LogP contribution is 2.15. The monoisotopic (exact) mass is 226 g/mol. The number of hydrogen-bond donors (Lipinski definition) is 1. The lowest BCUT2D eigenvalue weighted by Crippen LogP contribution is -2.57. The van der Waals surface area contributed by atoms with Gasteiger partial charge < -0.3 is 5.32 Å². The average Bonchev–Trinajstić information content (AvgIpc) is 2.29. The summed E-state index contributed by atoms with van der Waals surface area (Å²) in [4.78, 5) is 2.72. The molecule has 0 radical (unpaired) electrons. The van der Waals surface area contributed by atoms with Crippen molar-refractivity contribution in [3.8, 4) is 0 Å². The highest BCUT2D eigenvalue weighted by molar-refractivity contribution is 4.86. The lowest BCUT2D eigenvalue weighted by molar-refractivity contribution is 0.108. The van der Waals surface area contributed by atoms with E-state index in [1.807, 2.05) is 0 Å². The van der Waals surface area contributed by atoms with Crippen LogP contribution < -0.4 is 5.32 Å². The Hall–Kier alpha value is -0.0800. The van der Waals surface area contributed by atoms with Crippen molar-refractivity contribution in [1.29, 1.82) is 0 Å². The second kappa shape index (κ2) is 7.29. The second-order valence-corrected chi connectivity index (χ2v) is 5.52. The fourth-order valence-electron chi connectivity index (χ4n) is 2.57. The van der Waals surface area contributed by atoms with E-state index in [0.29, 0.717) is 6.04 Å². The van der Waals surface area contributed by atoms with Crippen LogP contribution in [0.5, 0.6) is 0 Å². The zero-order valence-electron chi connectivity index (χ0n) is 11.6. The molecule has 2 heteroatoms. The van der Waals surface area contributed by atoms with Gasteiger partial charge >= 0.3 is 0 Å². The van der Waals surface area contributed by atoms with Crippen molar-refractivity contribution in [3.05, 3.63) is 0 Å². The molecule has 0 aromatic carbocycles. The van der Waals surface area contributed by atoms with E-state index in [1.54, 1.807) is 0 Å². The van der Waals surface area contributed by atoms with Crippen LogP contribution in [0.15, 0.2) is 0 Å². The molecular weight excluding hydrogens is 196 g/mol. The summed E-state index contributed by atoms with van der Waals surface area (Å²) < 4.78 is 0. The first-order chi connectivity index (χ1) is 7.69. The first-order valence-electron chi connectivity index (χ1n) is 7.16. The molecule has 2 nitrogen and oxygen atoms in total. The van der Waals surface area contributed by atoms with Gasteiger partial charge in [0, 0.05) is 25.2 Å². The quantitative estimate of drug-likeness (QED) is 0.701. The molecule has 1 fully saturated rings. The van der Waals surface area contributed by atoms with Crippen molar-refractivity contribution in [3.63, 3.8) is 0 Å². The number of piperazine rings is 1. The molecule has 16 heavy (non-hydrogen) atoms. The first kappa shape index (κ1) is 14.0. The van der Waals surface area contributed by atoms with E-state index in [9.17, 15) is 0 Å². The van der Waals surface area contributed by atoms with Gasteiger partial charge in [-0.25, -0.2) is 0 Å². The molecule has 0 spiro atoms. The summed E-state index contributed by atoms with van der Waals surface area (Å²) in [6.45, 7) is 13.0. The van der Waals surface area contributed by atoms with Gasteiger partial charge in [0.15, 0.2) is 0 Å². The summed E-state index contributed by atoms with van der Waals surface area (Å²) in [6.07, 6.45) is 5.37. The lowest BCUT2D eigenvalue weighted by Gasteiger charge is -2.41. The van der Waals surface area contributed by atoms with Crippen LogP contribution >= 0.6 is 0 Å². The minimum atomic E-state index is 0.699. The maximum absolute atomic E-state index is 3.70. The molecule has 1 rings (SSSR count). The largest absolute Gasteiger partial charge is 0.311 e. The standard InChI is InChI=1S/C14H30N2/c1-5-7-8-9-16-11-14(12(3)4)15-10-13(16)6-2/h12-15H,5-11H2,1-4H3. The van der Waals surface area contributed by atoms with E-state index in [1.165, 1.54) is 45.3 Å². The molecule has 2 unspecified atom stereocenters. The van der Waals surface area contributed by atoms with Crippen LogP contribution in [-0.2, 0) is 0 Å². The summed E-state index contributed by atoms with van der Waals surface area (Å²) in [7, 11) is 0. The number of nitrogens with one attached hydrogen (secondary N) is 1. The number of hydrogen-bond acceptors (Lipinski definition) is 2. The van der Waals surface area contributed by atoms with E-state index in [0.717, 1.165) is 12.0 Å². The normalized spacial score (nSPS) is 27.6. The van der Waals surface area contributed by atoms with Crippen LogP contribution in [0, 0.1) is 5.92 Å². The second-order valence-electron chi connectivity index (χ2n) is 5.52. The highest BCUT2D eigenvalue weighted by Gasteiger charge is 2.27. The smallest absolute Gasteiger partial charge is 0.0218 e. The van der Waals surface area contributed by atoms with Crippen LogP contribution in [0.4, 0.5) is 0 Å². The molecule has 0 aromatic rings. The SMILES string of the molecule is CCCCCN1CC(C(C)C)NCC1CC. The van der Waals surface area contributed by atoms with Gasteiger partial charge in [-0.05, 0) is 25.3 Å². The Labute approximate surface area is 102 Å². The van der Waals surface area contributed by atoms with E-state index in [-0.39, 0.29) is 0 Å². The van der Waals surface area contributed by atoms with Gasteiger partial charge in [0.05, 0.1) is 0 Å². The minimum absolute atomic E-state index is 0.699. The fourth-order valence-corrected chi connectivity index (χ4v) is 2.57. The molecule has 0 amide bonds. The van der Waals surface area contributed by atoms with Crippen LogP contribution in [0.1, 0.15) is 53.4 Å². The molecule has 0 saturated carbocycles. The molecule has 1 heterocycles. The van der Waals surface area contributed by atoms with Crippen molar-refractivity contribution in [2.24, 2.45) is 5.92 Å². The highest BCUT2D eigenvalue weighted by atomic mass is 15.2. The average molecular weight is 226 g/mol. The van der Waals surface area contributed by atoms with E-state index >= 15 is 0 Å². The van der Waals surface area contributed by atoms with Crippen LogP contribution in [0.2, 0.25) is 0 Å². The van der Waals surface area contributed by atoms with Crippen molar-refractivity contribution in [2.75, 3.05) is 19.6 Å². The summed E-state index contributed by atoms with van der Waals surface area (Å²) in [5.74, 6) is 0.756. The molecule has 1 saturated heterocycles. The maximum atomic E-state index is 3.70. The third-order valence-corrected chi connectivity index (χ3v) is 3.89. The fraction of sp³-hybridized carbons (Fsp3) is 1.00. The van der Waals surface area contributed by atoms with E-state index < -0.39 is 0 Å². The van der Waals surface area contributed by atoms with Gasteiger partial charge in [-0.2, -0.15) is 0 Å². The molecular formula is C14H30N2. The van der Waals surface area contributed by atoms with Gasteiger partial charge in [0.1, 0.15) is 0 Å². The number of rotatable bonds is 6. The Bertz CT molecular complexity index is 180. The molecule has 1 aliphatic rings. The first-order valence-corrected chi connectivity index (χ1v) is 7.16. The van der Waals surface area contributed by atoms with Gasteiger partial charge in [-0.15, -0.1) is 0 Å². The number of unbranched alkanes of at least 4 members (excludes halogenated alkanes) is 2. The summed E-state index contributed by atoms with van der Waals surface area (Å²) >= 11 is 0. The minimum Gasteiger partial charge on any atom is -0.311 e.